The van der Waals surface area contributed by atoms with Crippen molar-refractivity contribution in [1.82, 2.24) is 5.32 Å². The van der Waals surface area contributed by atoms with Crippen LogP contribution in [0.15, 0.2) is 30.4 Å². The summed E-state index contributed by atoms with van der Waals surface area (Å²) in [5.41, 5.74) is 0.644. The standard InChI is InChI=1S/C14H14Cl2N2O/c15-11-4-3-10(7-12(11)16)17-14(19)18-13-6-8-1-2-9(13)5-8/h1-4,7-9,13H,5-6H2,(H2,17,18,19). The first kappa shape index (κ1) is 12.8. The van der Waals surface area contributed by atoms with Gasteiger partial charge in [0.15, 0.2) is 0 Å². The number of rotatable bonds is 2. The number of hydrogen-bond acceptors (Lipinski definition) is 1. The fourth-order valence-electron chi connectivity index (χ4n) is 2.86. The first-order chi connectivity index (χ1) is 9.11. The van der Waals surface area contributed by atoms with E-state index in [4.69, 9.17) is 23.2 Å². The highest BCUT2D eigenvalue weighted by Crippen LogP contribution is 2.38. The third-order valence-electron chi connectivity index (χ3n) is 3.77. The zero-order valence-corrected chi connectivity index (χ0v) is 11.7. The van der Waals surface area contributed by atoms with Crippen LogP contribution in [0.2, 0.25) is 10.0 Å². The molecule has 5 heteroatoms. The summed E-state index contributed by atoms with van der Waals surface area (Å²) in [5, 5.41) is 6.70. The summed E-state index contributed by atoms with van der Waals surface area (Å²) >= 11 is 11.7. The van der Waals surface area contributed by atoms with Gasteiger partial charge >= 0.3 is 6.03 Å². The summed E-state index contributed by atoms with van der Waals surface area (Å²) in [4.78, 5) is 11.9. The number of amides is 2. The predicted octanol–water partition coefficient (Wildman–Crippen LogP) is 4.08. The quantitative estimate of drug-likeness (QED) is 0.793. The van der Waals surface area contributed by atoms with Crippen LogP contribution in [0.5, 0.6) is 0 Å². The lowest BCUT2D eigenvalue weighted by atomic mass is 10.0. The lowest BCUT2D eigenvalue weighted by Gasteiger charge is -2.20. The molecule has 0 saturated heterocycles. The molecule has 3 nitrogen and oxygen atoms in total. The SMILES string of the molecule is O=C(Nc1ccc(Cl)c(Cl)c1)NC1CC2C=CC1C2. The van der Waals surface area contributed by atoms with E-state index >= 15 is 0 Å². The number of carbonyl (C=O) groups is 1. The number of urea groups is 1. The number of nitrogens with one attached hydrogen (secondary N) is 2. The van der Waals surface area contributed by atoms with Crippen LogP contribution in [0.25, 0.3) is 0 Å². The number of anilines is 1. The first-order valence-electron chi connectivity index (χ1n) is 6.33. The van der Waals surface area contributed by atoms with Crippen molar-refractivity contribution in [2.45, 2.75) is 18.9 Å². The smallest absolute Gasteiger partial charge is 0.319 e. The number of halogens is 2. The predicted molar refractivity (Wildman–Crippen MR) is 77.8 cm³/mol. The van der Waals surface area contributed by atoms with Crippen molar-refractivity contribution in [1.29, 1.82) is 0 Å². The van der Waals surface area contributed by atoms with Crippen LogP contribution in [-0.4, -0.2) is 12.1 Å². The van der Waals surface area contributed by atoms with E-state index in [-0.39, 0.29) is 12.1 Å². The molecule has 0 spiro atoms. The monoisotopic (exact) mass is 296 g/mol. The van der Waals surface area contributed by atoms with Crippen molar-refractivity contribution < 1.29 is 4.79 Å². The normalized spacial score (nSPS) is 27.6. The molecule has 2 N–H and O–H groups in total. The average Bonchev–Trinajstić information content (AvgIpc) is 2.96. The van der Waals surface area contributed by atoms with Gasteiger partial charge in [-0.2, -0.15) is 0 Å². The van der Waals surface area contributed by atoms with Gasteiger partial charge in [0.1, 0.15) is 0 Å². The molecule has 100 valence electrons. The van der Waals surface area contributed by atoms with Gasteiger partial charge in [0, 0.05) is 11.7 Å². The molecule has 1 aromatic rings. The summed E-state index contributed by atoms with van der Waals surface area (Å²) in [6.45, 7) is 0. The lowest BCUT2D eigenvalue weighted by molar-refractivity contribution is 0.246. The van der Waals surface area contributed by atoms with E-state index in [0.29, 0.717) is 27.6 Å². The highest BCUT2D eigenvalue weighted by Gasteiger charge is 2.36. The first-order valence-corrected chi connectivity index (χ1v) is 7.08. The third-order valence-corrected chi connectivity index (χ3v) is 4.51. The molecule has 1 aromatic carbocycles. The zero-order valence-electron chi connectivity index (χ0n) is 10.2. The van der Waals surface area contributed by atoms with Gasteiger partial charge in [0.25, 0.3) is 0 Å². The van der Waals surface area contributed by atoms with Gasteiger partial charge in [-0.1, -0.05) is 35.4 Å². The number of allylic oxidation sites excluding steroid dienone is 1. The van der Waals surface area contributed by atoms with Crippen LogP contribution in [0.3, 0.4) is 0 Å². The van der Waals surface area contributed by atoms with Crippen LogP contribution in [0.4, 0.5) is 10.5 Å². The molecule has 0 aliphatic heterocycles. The summed E-state index contributed by atoms with van der Waals surface area (Å²) < 4.78 is 0. The molecule has 2 bridgehead atoms. The molecular weight excluding hydrogens is 283 g/mol. The second kappa shape index (κ2) is 5.06. The Bertz CT molecular complexity index is 544. The largest absolute Gasteiger partial charge is 0.335 e. The Morgan fingerprint density at radius 1 is 1.16 bits per heavy atom. The van der Waals surface area contributed by atoms with Crippen molar-refractivity contribution in [3.8, 4) is 0 Å². The molecule has 2 aliphatic rings. The van der Waals surface area contributed by atoms with Gasteiger partial charge in [-0.05, 0) is 42.9 Å². The highest BCUT2D eigenvalue weighted by molar-refractivity contribution is 6.42. The summed E-state index contributed by atoms with van der Waals surface area (Å²) in [7, 11) is 0. The Morgan fingerprint density at radius 2 is 2.00 bits per heavy atom. The highest BCUT2D eigenvalue weighted by atomic mass is 35.5. The fourth-order valence-corrected chi connectivity index (χ4v) is 3.15. The van der Waals surface area contributed by atoms with E-state index < -0.39 is 0 Å². The Morgan fingerprint density at radius 3 is 2.63 bits per heavy atom. The molecule has 0 aromatic heterocycles. The van der Waals surface area contributed by atoms with Crippen molar-refractivity contribution >= 4 is 34.9 Å². The molecule has 2 amide bonds. The van der Waals surface area contributed by atoms with E-state index in [1.165, 1.54) is 0 Å². The topological polar surface area (TPSA) is 41.1 Å². The van der Waals surface area contributed by atoms with Crippen molar-refractivity contribution in [3.63, 3.8) is 0 Å². The summed E-state index contributed by atoms with van der Waals surface area (Å²) in [6, 6.07) is 5.10. The second-order valence-corrected chi connectivity index (χ2v) is 5.93. The molecule has 2 aliphatic carbocycles. The maximum atomic E-state index is 11.9. The second-order valence-electron chi connectivity index (χ2n) is 5.11. The minimum Gasteiger partial charge on any atom is -0.335 e. The molecule has 19 heavy (non-hydrogen) atoms. The molecule has 0 radical (unpaired) electrons. The Hall–Kier alpha value is -1.19. The maximum absolute atomic E-state index is 11.9. The maximum Gasteiger partial charge on any atom is 0.319 e. The summed E-state index contributed by atoms with van der Waals surface area (Å²) in [6.07, 6.45) is 6.66. The van der Waals surface area contributed by atoms with Crippen molar-refractivity contribution in [2.75, 3.05) is 5.32 Å². The number of fused-ring (bicyclic) bond motifs is 2. The minimum atomic E-state index is -0.190. The number of carbonyl (C=O) groups excluding carboxylic acids is 1. The van der Waals surface area contributed by atoms with E-state index in [2.05, 4.69) is 22.8 Å². The molecule has 3 rings (SSSR count). The number of benzene rings is 1. The Balaban J connectivity index is 1.59. The van der Waals surface area contributed by atoms with Crippen LogP contribution in [0.1, 0.15) is 12.8 Å². The zero-order chi connectivity index (χ0) is 13.4. The number of hydrogen-bond donors (Lipinski definition) is 2. The average molecular weight is 297 g/mol. The van der Waals surface area contributed by atoms with Gasteiger partial charge in [0.2, 0.25) is 0 Å². The summed E-state index contributed by atoms with van der Waals surface area (Å²) in [5.74, 6) is 1.13. The fraction of sp³-hybridized carbons (Fsp3) is 0.357. The van der Waals surface area contributed by atoms with E-state index in [0.717, 1.165) is 12.8 Å². The third kappa shape index (κ3) is 2.72. The van der Waals surface area contributed by atoms with E-state index in [9.17, 15) is 4.79 Å². The minimum absolute atomic E-state index is 0.190. The molecule has 3 atom stereocenters. The molecule has 1 fully saturated rings. The van der Waals surface area contributed by atoms with Gasteiger partial charge in [-0.25, -0.2) is 4.79 Å². The van der Waals surface area contributed by atoms with Crippen LogP contribution < -0.4 is 10.6 Å². The molecule has 3 unspecified atom stereocenters. The Labute approximate surface area is 122 Å². The Kier molecular flexibility index (Phi) is 3.42. The molecule has 0 heterocycles. The van der Waals surface area contributed by atoms with E-state index in [1.807, 2.05) is 0 Å². The van der Waals surface area contributed by atoms with Gasteiger partial charge in [0.05, 0.1) is 10.0 Å². The van der Waals surface area contributed by atoms with Gasteiger partial charge in [-0.15, -0.1) is 0 Å². The van der Waals surface area contributed by atoms with Crippen molar-refractivity contribution in [2.24, 2.45) is 11.8 Å². The lowest BCUT2D eigenvalue weighted by Crippen LogP contribution is -2.40. The molecular formula is C14H14Cl2N2O. The van der Waals surface area contributed by atoms with Gasteiger partial charge < -0.3 is 10.6 Å². The van der Waals surface area contributed by atoms with Crippen LogP contribution >= 0.6 is 23.2 Å². The molecule has 1 saturated carbocycles. The van der Waals surface area contributed by atoms with Crippen molar-refractivity contribution in [3.05, 3.63) is 40.4 Å². The van der Waals surface area contributed by atoms with Gasteiger partial charge in [-0.3, -0.25) is 0 Å². The van der Waals surface area contributed by atoms with Crippen LogP contribution in [0, 0.1) is 11.8 Å². The van der Waals surface area contributed by atoms with E-state index in [1.54, 1.807) is 18.2 Å². The van der Waals surface area contributed by atoms with Crippen LogP contribution in [-0.2, 0) is 0 Å².